The highest BCUT2D eigenvalue weighted by Crippen LogP contribution is 2.38. The van der Waals surface area contributed by atoms with Gasteiger partial charge in [0.15, 0.2) is 14.9 Å². The Morgan fingerprint density at radius 1 is 0.933 bits per heavy atom. The second-order valence-corrected chi connectivity index (χ2v) is 13.0. The number of halogens is 3. The van der Waals surface area contributed by atoms with Gasteiger partial charge in [-0.05, 0) is 49.4 Å². The first-order chi connectivity index (χ1) is 21.4. The van der Waals surface area contributed by atoms with E-state index in [1.54, 1.807) is 30.3 Å². The Hall–Kier alpha value is -5.02. The number of hydrogen-bond donors (Lipinski definition) is 0. The molecule has 5 heterocycles. The van der Waals surface area contributed by atoms with Crippen molar-refractivity contribution in [2.75, 3.05) is 6.26 Å². The molecule has 7 aromatic rings. The second-order valence-electron chi connectivity index (χ2n) is 10.1. The zero-order valence-electron chi connectivity index (χ0n) is 23.3. The van der Waals surface area contributed by atoms with E-state index >= 15 is 0 Å². The summed E-state index contributed by atoms with van der Waals surface area (Å²) in [6.07, 6.45) is -2.78. The third-order valence-electron chi connectivity index (χ3n) is 6.99. The van der Waals surface area contributed by atoms with E-state index in [9.17, 15) is 21.6 Å². The lowest BCUT2D eigenvalue weighted by atomic mass is 9.99. The van der Waals surface area contributed by atoms with Gasteiger partial charge in [0.2, 0.25) is 0 Å². The van der Waals surface area contributed by atoms with Crippen molar-refractivity contribution in [3.8, 4) is 27.9 Å². The van der Waals surface area contributed by atoms with Crippen molar-refractivity contribution in [3.63, 3.8) is 0 Å². The molecule has 0 N–H and O–H groups in total. The average Bonchev–Trinajstić information content (AvgIpc) is 3.66. The van der Waals surface area contributed by atoms with Gasteiger partial charge in [-0.25, -0.2) is 28.4 Å². The van der Waals surface area contributed by atoms with Gasteiger partial charge < -0.3 is 9.26 Å². The second kappa shape index (κ2) is 10.6. The Morgan fingerprint density at radius 3 is 2.49 bits per heavy atom. The quantitative estimate of drug-likeness (QED) is 0.172. The molecular formula is C30H19F3N6O4S2. The SMILES string of the molecule is C[C@H](Oc1nc2ccc(-c3ccc(S(C)(=O)=O)nc3)nc2s1)c1ccc(-c2nc(C(F)(F)F)no2)c2cc3ccccc3nc12. The van der Waals surface area contributed by atoms with Gasteiger partial charge >= 0.3 is 6.18 Å². The van der Waals surface area contributed by atoms with Crippen molar-refractivity contribution < 1.29 is 30.8 Å². The van der Waals surface area contributed by atoms with E-state index < -0.39 is 27.9 Å². The molecule has 0 saturated carbocycles. The molecule has 0 unspecified atom stereocenters. The van der Waals surface area contributed by atoms with Crippen molar-refractivity contribution in [2.45, 2.75) is 24.2 Å². The number of thiazole rings is 1. The lowest BCUT2D eigenvalue weighted by Gasteiger charge is -2.16. The van der Waals surface area contributed by atoms with Crippen molar-refractivity contribution in [1.82, 2.24) is 30.1 Å². The summed E-state index contributed by atoms with van der Waals surface area (Å²) >= 11 is 1.23. The molecule has 0 aliphatic rings. The van der Waals surface area contributed by atoms with Crippen molar-refractivity contribution in [3.05, 3.63) is 84.3 Å². The van der Waals surface area contributed by atoms with E-state index in [4.69, 9.17) is 14.2 Å². The number of aromatic nitrogens is 6. The molecule has 2 aromatic carbocycles. The number of benzene rings is 2. The Kier molecular flexibility index (Phi) is 6.74. The van der Waals surface area contributed by atoms with Crippen LogP contribution in [-0.4, -0.2) is 44.8 Å². The van der Waals surface area contributed by atoms with Crippen LogP contribution in [0, 0.1) is 0 Å². The normalized spacial score (nSPS) is 13.1. The van der Waals surface area contributed by atoms with Crippen molar-refractivity contribution >= 4 is 53.3 Å². The molecule has 7 rings (SSSR count). The molecule has 0 spiro atoms. The maximum absolute atomic E-state index is 13.2. The third kappa shape index (κ3) is 5.44. The maximum atomic E-state index is 13.2. The fourth-order valence-corrected chi connectivity index (χ4v) is 6.24. The standard InChI is InChI=1S/C30H19F3N6O4S2/c1-15(42-29-37-23-11-10-22(36-27(23)44-29)17-7-12-24(34-14-17)45(2,40)41)18-8-9-19(26-38-28(39-43-26)30(31,32)33)20-13-16-5-3-4-6-21(16)35-25(18)20/h3-15H,1-2H3/t15-/m0/s1. The number of nitrogens with zero attached hydrogens (tertiary/aromatic N) is 6. The molecule has 226 valence electrons. The Bertz CT molecular complexity index is 2360. The number of hydrogen-bond acceptors (Lipinski definition) is 11. The summed E-state index contributed by atoms with van der Waals surface area (Å²) in [6, 6.07) is 19.1. The first-order valence-electron chi connectivity index (χ1n) is 13.3. The van der Waals surface area contributed by atoms with E-state index in [0.717, 1.165) is 11.6 Å². The van der Waals surface area contributed by atoms with Crippen LogP contribution in [0.15, 0.2) is 82.5 Å². The summed E-state index contributed by atoms with van der Waals surface area (Å²) in [4.78, 5) is 22.3. The van der Waals surface area contributed by atoms with Crippen LogP contribution in [0.4, 0.5) is 13.2 Å². The fourth-order valence-electron chi connectivity index (χ4n) is 4.82. The van der Waals surface area contributed by atoms with Gasteiger partial charge in [0.05, 0.1) is 16.7 Å². The number of fused-ring (bicyclic) bond motifs is 3. The van der Waals surface area contributed by atoms with Gasteiger partial charge in [-0.3, -0.25) is 0 Å². The molecule has 0 radical (unpaired) electrons. The van der Waals surface area contributed by atoms with E-state index in [-0.39, 0.29) is 10.9 Å². The molecule has 0 aliphatic heterocycles. The smallest absolute Gasteiger partial charge is 0.455 e. The zero-order valence-corrected chi connectivity index (χ0v) is 24.9. The Morgan fingerprint density at radius 2 is 1.76 bits per heavy atom. The molecule has 0 fully saturated rings. The van der Waals surface area contributed by atoms with Gasteiger partial charge in [0, 0.05) is 39.9 Å². The summed E-state index contributed by atoms with van der Waals surface area (Å²) in [5.41, 5.74) is 3.99. The molecule has 1 atom stereocenters. The summed E-state index contributed by atoms with van der Waals surface area (Å²) in [5, 5.41) is 4.73. The number of rotatable bonds is 6. The van der Waals surface area contributed by atoms with Gasteiger partial charge in [-0.15, -0.1) is 0 Å². The monoisotopic (exact) mass is 648 g/mol. The summed E-state index contributed by atoms with van der Waals surface area (Å²) < 4.78 is 74.4. The number of alkyl halides is 3. The average molecular weight is 649 g/mol. The Balaban J connectivity index is 1.24. The number of ether oxygens (including phenoxy) is 1. The van der Waals surface area contributed by atoms with Gasteiger partial charge in [0.25, 0.3) is 16.9 Å². The minimum absolute atomic E-state index is 0.0269. The maximum Gasteiger partial charge on any atom is 0.455 e. The first-order valence-corrected chi connectivity index (χ1v) is 16.0. The third-order valence-corrected chi connectivity index (χ3v) is 8.85. The minimum Gasteiger partial charge on any atom is -0.462 e. The summed E-state index contributed by atoms with van der Waals surface area (Å²) in [6.45, 7) is 1.82. The highest BCUT2D eigenvalue weighted by Gasteiger charge is 2.37. The van der Waals surface area contributed by atoms with Gasteiger partial charge in [-0.1, -0.05) is 40.8 Å². The number of para-hydroxylation sites is 1. The van der Waals surface area contributed by atoms with Crippen molar-refractivity contribution in [1.29, 1.82) is 0 Å². The molecule has 45 heavy (non-hydrogen) atoms. The largest absolute Gasteiger partial charge is 0.462 e. The predicted octanol–water partition coefficient (Wildman–Crippen LogP) is 7.07. The highest BCUT2D eigenvalue weighted by atomic mass is 32.2. The van der Waals surface area contributed by atoms with Crippen LogP contribution in [-0.2, 0) is 16.0 Å². The van der Waals surface area contributed by atoms with Crippen LogP contribution in [0.2, 0.25) is 0 Å². The highest BCUT2D eigenvalue weighted by molar-refractivity contribution is 7.90. The van der Waals surface area contributed by atoms with Crippen LogP contribution in [0.25, 0.3) is 54.9 Å². The Labute approximate surface area is 256 Å². The zero-order chi connectivity index (χ0) is 31.5. The molecule has 0 amide bonds. The first kappa shape index (κ1) is 28.7. The molecule has 0 bridgehead atoms. The molecule has 10 nitrogen and oxygen atoms in total. The van der Waals surface area contributed by atoms with Crippen LogP contribution in [0.3, 0.4) is 0 Å². The molecule has 5 aromatic heterocycles. The summed E-state index contributed by atoms with van der Waals surface area (Å²) in [7, 11) is -3.43. The summed E-state index contributed by atoms with van der Waals surface area (Å²) in [5.74, 6) is -1.64. The van der Waals surface area contributed by atoms with Gasteiger partial charge in [0.1, 0.15) is 16.5 Å². The van der Waals surface area contributed by atoms with E-state index in [2.05, 4.69) is 25.1 Å². The van der Waals surface area contributed by atoms with E-state index in [0.29, 0.717) is 54.3 Å². The molecular weight excluding hydrogens is 629 g/mol. The minimum atomic E-state index is -4.75. The van der Waals surface area contributed by atoms with E-state index in [1.165, 1.54) is 23.6 Å². The topological polar surface area (TPSA) is 134 Å². The molecule has 0 aliphatic carbocycles. The molecule has 15 heteroatoms. The van der Waals surface area contributed by atoms with Crippen LogP contribution < -0.4 is 4.74 Å². The predicted molar refractivity (Wildman–Crippen MR) is 160 cm³/mol. The van der Waals surface area contributed by atoms with E-state index in [1.807, 2.05) is 37.3 Å². The number of pyridine rings is 3. The van der Waals surface area contributed by atoms with Crippen molar-refractivity contribution in [2.24, 2.45) is 0 Å². The lowest BCUT2D eigenvalue weighted by Crippen LogP contribution is -2.07. The van der Waals surface area contributed by atoms with Crippen LogP contribution in [0.1, 0.15) is 24.4 Å². The van der Waals surface area contributed by atoms with Crippen LogP contribution in [0.5, 0.6) is 5.19 Å². The van der Waals surface area contributed by atoms with Gasteiger partial charge in [-0.2, -0.15) is 18.2 Å². The lowest BCUT2D eigenvalue weighted by molar-refractivity contribution is -0.146. The number of sulfone groups is 1. The fraction of sp³-hybridized carbons (Fsp3) is 0.133. The molecule has 0 saturated heterocycles. The van der Waals surface area contributed by atoms with Crippen LogP contribution >= 0.6 is 11.3 Å².